The summed E-state index contributed by atoms with van der Waals surface area (Å²) in [6.07, 6.45) is -4.50. The molecule has 0 N–H and O–H groups in total. The van der Waals surface area contributed by atoms with Crippen LogP contribution in [0.1, 0.15) is 18.1 Å². The van der Waals surface area contributed by atoms with Crippen LogP contribution in [0.25, 0.3) is 0 Å². The van der Waals surface area contributed by atoms with E-state index in [9.17, 15) is 17.7 Å². The van der Waals surface area contributed by atoms with Crippen LogP contribution in [0.15, 0.2) is 54.6 Å². The molecule has 1 unspecified atom stereocenters. The van der Waals surface area contributed by atoms with Gasteiger partial charge in [-0.1, -0.05) is 30.3 Å². The van der Waals surface area contributed by atoms with Crippen LogP contribution in [-0.2, 0) is 21.4 Å². The second-order valence-electron chi connectivity index (χ2n) is 4.79. The molecule has 0 aliphatic heterocycles. The Kier molecular flexibility index (Phi) is 5.50. The first-order chi connectivity index (χ1) is 10.8. The summed E-state index contributed by atoms with van der Waals surface area (Å²) in [5.74, 6) is 0.385. The molecule has 0 aromatic heterocycles. The summed E-state index contributed by atoms with van der Waals surface area (Å²) in [4.78, 5) is 0. The highest BCUT2D eigenvalue weighted by atomic mass is 31.2. The summed E-state index contributed by atoms with van der Waals surface area (Å²) >= 11 is 0. The van der Waals surface area contributed by atoms with Crippen molar-refractivity contribution < 1.29 is 26.8 Å². The van der Waals surface area contributed by atoms with Crippen molar-refractivity contribution in [2.24, 2.45) is 0 Å². The Morgan fingerprint density at radius 3 is 2.13 bits per heavy atom. The van der Waals surface area contributed by atoms with Crippen LogP contribution in [-0.4, -0.2) is 6.61 Å². The largest absolute Gasteiger partial charge is 0.424 e. The summed E-state index contributed by atoms with van der Waals surface area (Å²) in [6.45, 7) is 1.85. The molecule has 2 rings (SSSR count). The van der Waals surface area contributed by atoms with E-state index in [2.05, 4.69) is 0 Å². The van der Waals surface area contributed by atoms with Crippen molar-refractivity contribution in [3.63, 3.8) is 0 Å². The highest BCUT2D eigenvalue weighted by Gasteiger charge is 2.31. The lowest BCUT2D eigenvalue weighted by atomic mass is 10.1. The third kappa shape index (κ3) is 5.12. The molecule has 0 amide bonds. The molecule has 0 aliphatic carbocycles. The molecule has 0 saturated carbocycles. The molecule has 2 aromatic carbocycles. The zero-order valence-electron chi connectivity index (χ0n) is 12.4. The van der Waals surface area contributed by atoms with E-state index in [4.69, 9.17) is 9.05 Å². The van der Waals surface area contributed by atoms with Crippen molar-refractivity contribution in [2.45, 2.75) is 19.3 Å². The standard InChI is InChI=1S/C16H16F3O3P/c1-2-21-23(20,22-15-6-4-3-5-7-15)12-13-8-10-14(11-9-13)16(17,18)19/h3-11H,2,12H2,1H3. The summed E-state index contributed by atoms with van der Waals surface area (Å²) in [5, 5.41) is 0. The fourth-order valence-corrected chi connectivity index (χ4v) is 3.67. The minimum absolute atomic E-state index is 0.103. The zero-order valence-corrected chi connectivity index (χ0v) is 13.3. The second kappa shape index (κ2) is 7.20. The van der Waals surface area contributed by atoms with Crippen molar-refractivity contribution in [2.75, 3.05) is 6.61 Å². The molecule has 3 nitrogen and oxygen atoms in total. The Morgan fingerprint density at radius 1 is 1.00 bits per heavy atom. The fraction of sp³-hybridized carbons (Fsp3) is 0.250. The fourth-order valence-electron chi connectivity index (χ4n) is 1.97. The van der Waals surface area contributed by atoms with Gasteiger partial charge < -0.3 is 4.52 Å². The van der Waals surface area contributed by atoms with Crippen LogP contribution < -0.4 is 4.52 Å². The number of hydrogen-bond donors (Lipinski definition) is 0. The highest BCUT2D eigenvalue weighted by Crippen LogP contribution is 2.51. The number of rotatable bonds is 6. The third-order valence-corrected chi connectivity index (χ3v) is 4.86. The molecule has 2 aromatic rings. The maximum absolute atomic E-state index is 12.8. The van der Waals surface area contributed by atoms with Crippen molar-refractivity contribution in [1.29, 1.82) is 0 Å². The van der Waals surface area contributed by atoms with Crippen molar-refractivity contribution in [1.82, 2.24) is 0 Å². The Hall–Kier alpha value is -1.78. The Labute approximate surface area is 132 Å². The maximum Gasteiger partial charge on any atom is 0.416 e. The van der Waals surface area contributed by atoms with Crippen molar-refractivity contribution >= 4 is 7.60 Å². The summed E-state index contributed by atoms with van der Waals surface area (Å²) in [6, 6.07) is 13.0. The Bertz CT molecular complexity index is 669. The van der Waals surface area contributed by atoms with E-state index >= 15 is 0 Å². The van der Waals surface area contributed by atoms with Gasteiger partial charge in [0, 0.05) is 0 Å². The summed E-state index contributed by atoms with van der Waals surface area (Å²) < 4.78 is 61.2. The Morgan fingerprint density at radius 2 is 1.61 bits per heavy atom. The van der Waals surface area contributed by atoms with Gasteiger partial charge >= 0.3 is 13.8 Å². The lowest BCUT2D eigenvalue weighted by Crippen LogP contribution is -2.05. The Balaban J connectivity index is 2.17. The molecule has 0 heterocycles. The van der Waals surface area contributed by atoms with E-state index in [1.807, 2.05) is 0 Å². The number of halogens is 3. The molecule has 0 fully saturated rings. The van der Waals surface area contributed by atoms with E-state index in [1.165, 1.54) is 12.1 Å². The molecule has 0 spiro atoms. The molecule has 0 saturated heterocycles. The monoisotopic (exact) mass is 344 g/mol. The molecule has 1 atom stereocenters. The van der Waals surface area contributed by atoms with Crippen LogP contribution in [0.2, 0.25) is 0 Å². The second-order valence-corrected chi connectivity index (χ2v) is 6.76. The van der Waals surface area contributed by atoms with Gasteiger partial charge in [0.1, 0.15) is 5.75 Å². The van der Waals surface area contributed by atoms with Gasteiger partial charge in [0.25, 0.3) is 0 Å². The highest BCUT2D eigenvalue weighted by molar-refractivity contribution is 7.53. The predicted octanol–water partition coefficient (Wildman–Crippen LogP) is 5.51. The van der Waals surface area contributed by atoms with Gasteiger partial charge in [-0.3, -0.25) is 4.52 Å². The number of alkyl halides is 3. The molecule has 0 radical (unpaired) electrons. The number of benzene rings is 2. The minimum atomic E-state index is -4.40. The molecule has 23 heavy (non-hydrogen) atoms. The van der Waals surface area contributed by atoms with Gasteiger partial charge in [-0.15, -0.1) is 0 Å². The van der Waals surface area contributed by atoms with E-state index in [-0.39, 0.29) is 12.8 Å². The minimum Gasteiger partial charge on any atom is -0.424 e. The number of hydrogen-bond acceptors (Lipinski definition) is 3. The van der Waals surface area contributed by atoms with Crippen LogP contribution in [0.3, 0.4) is 0 Å². The van der Waals surface area contributed by atoms with Gasteiger partial charge in [0.2, 0.25) is 0 Å². The van der Waals surface area contributed by atoms with E-state index < -0.39 is 19.3 Å². The van der Waals surface area contributed by atoms with Crippen molar-refractivity contribution in [3.8, 4) is 5.75 Å². The van der Waals surface area contributed by atoms with Gasteiger partial charge in [0.15, 0.2) is 0 Å². The lowest BCUT2D eigenvalue weighted by molar-refractivity contribution is -0.137. The van der Waals surface area contributed by atoms with Crippen LogP contribution in [0, 0.1) is 0 Å². The van der Waals surface area contributed by atoms with Gasteiger partial charge in [-0.05, 0) is 36.8 Å². The molecular weight excluding hydrogens is 328 g/mol. The van der Waals surface area contributed by atoms with E-state index in [0.29, 0.717) is 11.3 Å². The molecule has 124 valence electrons. The van der Waals surface area contributed by atoms with Gasteiger partial charge in [-0.25, -0.2) is 4.57 Å². The van der Waals surface area contributed by atoms with Crippen LogP contribution in [0.4, 0.5) is 13.2 Å². The van der Waals surface area contributed by atoms with E-state index in [1.54, 1.807) is 37.3 Å². The van der Waals surface area contributed by atoms with Crippen LogP contribution >= 0.6 is 7.60 Å². The number of para-hydroxylation sites is 1. The molecule has 0 aliphatic rings. The molecule has 7 heteroatoms. The zero-order chi connectivity index (χ0) is 16.9. The van der Waals surface area contributed by atoms with Gasteiger partial charge in [0.05, 0.1) is 18.3 Å². The SMILES string of the molecule is CCOP(=O)(Cc1ccc(C(F)(F)F)cc1)Oc1ccccc1. The van der Waals surface area contributed by atoms with Crippen molar-refractivity contribution in [3.05, 3.63) is 65.7 Å². The average Bonchev–Trinajstić information content (AvgIpc) is 2.47. The lowest BCUT2D eigenvalue weighted by Gasteiger charge is -2.19. The molecular formula is C16H16F3O3P. The topological polar surface area (TPSA) is 35.5 Å². The molecule has 0 bridgehead atoms. The summed E-state index contributed by atoms with van der Waals surface area (Å²) in [7, 11) is -3.50. The predicted molar refractivity (Wildman–Crippen MR) is 81.5 cm³/mol. The van der Waals surface area contributed by atoms with Gasteiger partial charge in [-0.2, -0.15) is 13.2 Å². The first kappa shape index (κ1) is 17.6. The average molecular weight is 344 g/mol. The third-order valence-electron chi connectivity index (χ3n) is 2.97. The van der Waals surface area contributed by atoms with Crippen LogP contribution in [0.5, 0.6) is 5.75 Å². The maximum atomic E-state index is 12.8. The smallest absolute Gasteiger partial charge is 0.416 e. The quantitative estimate of drug-likeness (QED) is 0.648. The summed E-state index contributed by atoms with van der Waals surface area (Å²) in [5.41, 5.74) is -0.304. The first-order valence-corrected chi connectivity index (χ1v) is 8.69. The van der Waals surface area contributed by atoms with E-state index in [0.717, 1.165) is 12.1 Å². The first-order valence-electron chi connectivity index (χ1n) is 6.97. The normalized spacial score (nSPS) is 14.3.